The van der Waals surface area contributed by atoms with Crippen LogP contribution in [0.25, 0.3) is 142 Å². The Hall–Kier alpha value is -7.68. The van der Waals surface area contributed by atoms with Crippen LogP contribution in [0.3, 0.4) is 0 Å². The topological polar surface area (TPSA) is 25.8 Å². The second-order valence-corrected chi connectivity index (χ2v) is 16.0. The average Bonchev–Trinajstić information content (AvgIpc) is 3.78. The maximum Gasteiger partial charge on any atom is 0.0702 e. The van der Waals surface area contributed by atoms with Gasteiger partial charge in [0.1, 0.15) is 0 Å². The lowest BCUT2D eigenvalue weighted by Crippen LogP contribution is -1.93. The van der Waals surface area contributed by atoms with Gasteiger partial charge in [-0.15, -0.1) is 0 Å². The maximum atomic E-state index is 5.01. The van der Waals surface area contributed by atoms with Gasteiger partial charge in [-0.05, 0) is 134 Å². The molecule has 2 heteroatoms. The molecule has 0 N–H and O–H groups in total. The SMILES string of the molecule is C.c1ccc2ncc(-c3c4c(cc5c3ccc3c6cc7c(c(-c8cncc9ccccc89)c6ccc53)-c3cccc5cccc-7c35)-c3cccc5cccc-4c35)cc2c1. The second-order valence-electron chi connectivity index (χ2n) is 16.0. The summed E-state index contributed by atoms with van der Waals surface area (Å²) in [4.78, 5) is 9.85. The van der Waals surface area contributed by atoms with Gasteiger partial charge in [-0.3, -0.25) is 9.97 Å². The number of para-hydroxylation sites is 1. The van der Waals surface area contributed by atoms with E-state index < -0.39 is 0 Å². The molecule has 272 valence electrons. The number of hydrogen-bond donors (Lipinski definition) is 0. The van der Waals surface area contributed by atoms with E-state index in [1.165, 1.54) is 120 Å². The molecule has 0 atom stereocenters. The molecule has 0 radical (unpaired) electrons. The molecular formula is C57H34N2. The summed E-state index contributed by atoms with van der Waals surface area (Å²) in [6, 6.07) is 61.0. The van der Waals surface area contributed by atoms with Crippen LogP contribution in [0, 0.1) is 0 Å². The fraction of sp³-hybridized carbons (Fsp3) is 0.0175. The predicted molar refractivity (Wildman–Crippen MR) is 251 cm³/mol. The first kappa shape index (κ1) is 32.4. The minimum absolute atomic E-state index is 0. The summed E-state index contributed by atoms with van der Waals surface area (Å²) in [6.07, 6.45) is 6.15. The number of fused-ring (bicyclic) bond motifs is 13. The summed E-state index contributed by atoms with van der Waals surface area (Å²) < 4.78 is 0. The molecule has 2 aliphatic rings. The molecule has 0 saturated heterocycles. The van der Waals surface area contributed by atoms with E-state index in [-0.39, 0.29) is 7.43 Å². The molecule has 59 heavy (non-hydrogen) atoms. The Kier molecular flexibility index (Phi) is 6.42. The minimum Gasteiger partial charge on any atom is -0.263 e. The Morgan fingerprint density at radius 1 is 0.288 bits per heavy atom. The van der Waals surface area contributed by atoms with Gasteiger partial charge in [0.25, 0.3) is 0 Å². The van der Waals surface area contributed by atoms with E-state index in [9.17, 15) is 0 Å². The van der Waals surface area contributed by atoms with Gasteiger partial charge in [0.2, 0.25) is 0 Å². The number of hydrogen-bond acceptors (Lipinski definition) is 2. The smallest absolute Gasteiger partial charge is 0.0702 e. The lowest BCUT2D eigenvalue weighted by Gasteiger charge is -2.20. The summed E-state index contributed by atoms with van der Waals surface area (Å²) in [5.41, 5.74) is 16.2. The fourth-order valence-electron chi connectivity index (χ4n) is 10.8. The summed E-state index contributed by atoms with van der Waals surface area (Å²) in [7, 11) is 0. The lowest BCUT2D eigenvalue weighted by molar-refractivity contribution is 1.36. The highest BCUT2D eigenvalue weighted by atomic mass is 14.7. The van der Waals surface area contributed by atoms with E-state index in [1.54, 1.807) is 0 Å². The van der Waals surface area contributed by atoms with E-state index in [0.717, 1.165) is 21.9 Å². The summed E-state index contributed by atoms with van der Waals surface area (Å²) in [5.74, 6) is 0. The number of aromatic nitrogens is 2. The predicted octanol–water partition coefficient (Wildman–Crippen LogP) is 15.8. The highest BCUT2D eigenvalue weighted by Gasteiger charge is 2.30. The summed E-state index contributed by atoms with van der Waals surface area (Å²) >= 11 is 0. The number of rotatable bonds is 2. The van der Waals surface area contributed by atoms with Gasteiger partial charge in [-0.2, -0.15) is 0 Å². The van der Waals surface area contributed by atoms with Gasteiger partial charge in [0.05, 0.1) is 5.52 Å². The number of benzene rings is 10. The normalized spacial score (nSPS) is 12.3. The quantitative estimate of drug-likeness (QED) is 0.165. The zero-order valence-electron chi connectivity index (χ0n) is 31.2. The average molecular weight is 747 g/mol. The first-order valence-electron chi connectivity index (χ1n) is 20.0. The van der Waals surface area contributed by atoms with Crippen LogP contribution in [0.5, 0.6) is 0 Å². The van der Waals surface area contributed by atoms with Crippen molar-refractivity contribution in [1.29, 1.82) is 0 Å². The Bertz CT molecular complexity index is 3840. The largest absolute Gasteiger partial charge is 0.263 e. The van der Waals surface area contributed by atoms with Crippen LogP contribution < -0.4 is 0 Å². The Morgan fingerprint density at radius 2 is 0.814 bits per heavy atom. The molecule has 10 aromatic carbocycles. The van der Waals surface area contributed by atoms with Gasteiger partial charge in [0.15, 0.2) is 0 Å². The molecule has 0 unspecified atom stereocenters. The van der Waals surface area contributed by atoms with Crippen molar-refractivity contribution in [2.24, 2.45) is 0 Å². The highest BCUT2D eigenvalue weighted by molar-refractivity contribution is 6.31. The standard InChI is InChI=1S/C56H30N2.CH4/c1-3-15-36-34(10-1)28-57-30-49(36)54-42-24-22-37-38(46(42)27-48-40-17-6-12-32-14-8-19-44(52(32)40)56(48)54)21-23-41-45(37)26-47-39-16-5-11-31-13-7-18-43(51(31)39)55(47)53(41)35-25-33-9-2-4-20-50(33)58-29-35;/h1-30H;1H4. The lowest BCUT2D eigenvalue weighted by atomic mass is 9.83. The van der Waals surface area contributed by atoms with E-state index in [4.69, 9.17) is 9.97 Å². The zero-order chi connectivity index (χ0) is 37.6. The van der Waals surface area contributed by atoms with E-state index in [2.05, 4.69) is 176 Å². The van der Waals surface area contributed by atoms with Gasteiger partial charge in [0, 0.05) is 46.1 Å². The van der Waals surface area contributed by atoms with E-state index in [0.29, 0.717) is 0 Å². The van der Waals surface area contributed by atoms with Crippen molar-refractivity contribution in [2.75, 3.05) is 0 Å². The molecule has 0 saturated carbocycles. The van der Waals surface area contributed by atoms with Crippen molar-refractivity contribution < 1.29 is 0 Å². The van der Waals surface area contributed by atoms with E-state index in [1.807, 2.05) is 6.20 Å². The van der Waals surface area contributed by atoms with Crippen LogP contribution in [0.15, 0.2) is 182 Å². The third-order valence-corrected chi connectivity index (χ3v) is 13.2. The van der Waals surface area contributed by atoms with E-state index >= 15 is 0 Å². The monoisotopic (exact) mass is 746 g/mol. The van der Waals surface area contributed by atoms with Crippen molar-refractivity contribution in [2.45, 2.75) is 7.43 Å². The van der Waals surface area contributed by atoms with Crippen molar-refractivity contribution in [3.05, 3.63) is 182 Å². The second kappa shape index (κ2) is 11.7. The van der Waals surface area contributed by atoms with Crippen molar-refractivity contribution >= 4 is 75.5 Å². The molecule has 0 spiro atoms. The molecule has 0 bridgehead atoms. The van der Waals surface area contributed by atoms with Gasteiger partial charge in [-0.1, -0.05) is 147 Å². The highest BCUT2D eigenvalue weighted by Crippen LogP contribution is 2.57. The van der Waals surface area contributed by atoms with Gasteiger partial charge in [-0.25, -0.2) is 0 Å². The van der Waals surface area contributed by atoms with Crippen LogP contribution in [-0.2, 0) is 0 Å². The van der Waals surface area contributed by atoms with Crippen LogP contribution in [0.2, 0.25) is 0 Å². The first-order chi connectivity index (χ1) is 28.8. The van der Waals surface area contributed by atoms with Crippen LogP contribution >= 0.6 is 0 Å². The summed E-state index contributed by atoms with van der Waals surface area (Å²) in [5, 5.41) is 16.2. The Labute approximate surface area is 340 Å². The molecule has 2 aromatic heterocycles. The maximum absolute atomic E-state index is 5.01. The van der Waals surface area contributed by atoms with Crippen LogP contribution in [0.4, 0.5) is 0 Å². The molecule has 2 aliphatic carbocycles. The molecule has 0 amide bonds. The molecule has 0 aliphatic heterocycles. The van der Waals surface area contributed by atoms with Crippen molar-refractivity contribution in [3.8, 4) is 66.8 Å². The number of pyridine rings is 2. The molecule has 0 fully saturated rings. The Balaban J connectivity index is 0.00000360. The minimum atomic E-state index is 0. The van der Waals surface area contributed by atoms with Crippen molar-refractivity contribution in [3.63, 3.8) is 0 Å². The molecule has 2 heterocycles. The van der Waals surface area contributed by atoms with Gasteiger partial charge >= 0.3 is 0 Å². The Morgan fingerprint density at radius 3 is 1.47 bits per heavy atom. The summed E-state index contributed by atoms with van der Waals surface area (Å²) in [6.45, 7) is 0. The van der Waals surface area contributed by atoms with Crippen molar-refractivity contribution in [1.82, 2.24) is 9.97 Å². The molecule has 12 aromatic rings. The van der Waals surface area contributed by atoms with Crippen LogP contribution in [0.1, 0.15) is 7.43 Å². The molecular weight excluding hydrogens is 713 g/mol. The fourth-order valence-corrected chi connectivity index (χ4v) is 10.8. The number of nitrogens with zero attached hydrogens (tertiary/aromatic N) is 2. The van der Waals surface area contributed by atoms with Gasteiger partial charge < -0.3 is 0 Å². The zero-order valence-corrected chi connectivity index (χ0v) is 31.2. The molecule has 2 nitrogen and oxygen atoms in total. The van der Waals surface area contributed by atoms with Crippen LogP contribution in [-0.4, -0.2) is 9.97 Å². The third kappa shape index (κ3) is 4.20. The molecule has 14 rings (SSSR count). The third-order valence-electron chi connectivity index (χ3n) is 13.2. The first-order valence-corrected chi connectivity index (χ1v) is 20.0.